The van der Waals surface area contributed by atoms with Gasteiger partial charge in [0.1, 0.15) is 0 Å². The first-order chi connectivity index (χ1) is 13.3. The monoisotopic (exact) mass is 362 g/mol. The van der Waals surface area contributed by atoms with Crippen LogP contribution < -0.4 is 16.0 Å². The molecule has 4 rings (SSSR count). The van der Waals surface area contributed by atoms with E-state index in [0.29, 0.717) is 6.54 Å². The zero-order valence-corrected chi connectivity index (χ0v) is 14.9. The number of aryl methyl sites for hydroxylation is 1. The van der Waals surface area contributed by atoms with Crippen LogP contribution in [0.2, 0.25) is 0 Å². The predicted octanol–water partition coefficient (Wildman–Crippen LogP) is 2.91. The molecule has 7 nitrogen and oxygen atoms in total. The van der Waals surface area contributed by atoms with Gasteiger partial charge in [-0.2, -0.15) is 5.10 Å². The average molecular weight is 362 g/mol. The number of carbonyl (C=O) groups excluding carboxylic acids is 1. The van der Waals surface area contributed by atoms with E-state index in [1.54, 1.807) is 12.4 Å². The van der Waals surface area contributed by atoms with Crippen molar-refractivity contribution in [3.63, 3.8) is 0 Å². The quantitative estimate of drug-likeness (QED) is 0.561. The zero-order valence-electron chi connectivity index (χ0n) is 14.9. The van der Waals surface area contributed by atoms with Gasteiger partial charge in [-0.15, -0.1) is 0 Å². The van der Waals surface area contributed by atoms with Crippen LogP contribution in [0.3, 0.4) is 0 Å². The minimum Gasteiger partial charge on any atom is -0.355 e. The lowest BCUT2D eigenvalue weighted by Crippen LogP contribution is -2.44. The van der Waals surface area contributed by atoms with Gasteiger partial charge in [-0.25, -0.2) is 4.79 Å². The van der Waals surface area contributed by atoms with Gasteiger partial charge >= 0.3 is 6.03 Å². The molecule has 27 heavy (non-hydrogen) atoms. The van der Waals surface area contributed by atoms with Crippen LogP contribution in [0.15, 0.2) is 55.0 Å². The van der Waals surface area contributed by atoms with E-state index >= 15 is 0 Å². The molecule has 0 radical (unpaired) electrons. The van der Waals surface area contributed by atoms with Crippen molar-refractivity contribution < 1.29 is 4.79 Å². The highest BCUT2D eigenvalue weighted by Crippen LogP contribution is 2.19. The minimum absolute atomic E-state index is 0.137. The average Bonchev–Trinajstić information content (AvgIpc) is 3.16. The van der Waals surface area contributed by atoms with Gasteiger partial charge in [-0.1, -0.05) is 12.1 Å². The third-order valence-corrected chi connectivity index (χ3v) is 4.73. The van der Waals surface area contributed by atoms with Crippen molar-refractivity contribution in [2.24, 2.45) is 0 Å². The van der Waals surface area contributed by atoms with Crippen molar-refractivity contribution >= 4 is 17.4 Å². The number of pyridine rings is 1. The van der Waals surface area contributed by atoms with Crippen molar-refractivity contribution in [3.8, 4) is 0 Å². The summed E-state index contributed by atoms with van der Waals surface area (Å²) in [7, 11) is 0. The number of aromatic nitrogens is 3. The highest BCUT2D eigenvalue weighted by molar-refractivity contribution is 5.74. The molecule has 4 N–H and O–H groups in total. The van der Waals surface area contributed by atoms with E-state index in [4.69, 9.17) is 0 Å². The van der Waals surface area contributed by atoms with Crippen LogP contribution in [-0.2, 0) is 19.4 Å². The van der Waals surface area contributed by atoms with E-state index < -0.39 is 0 Å². The summed E-state index contributed by atoms with van der Waals surface area (Å²) in [4.78, 5) is 16.2. The fourth-order valence-corrected chi connectivity index (χ4v) is 3.26. The second-order valence-corrected chi connectivity index (χ2v) is 6.70. The van der Waals surface area contributed by atoms with E-state index in [9.17, 15) is 4.79 Å². The van der Waals surface area contributed by atoms with E-state index in [0.717, 1.165) is 41.9 Å². The van der Waals surface area contributed by atoms with Crippen LogP contribution in [0.4, 0.5) is 16.2 Å². The molecule has 0 fully saturated rings. The topological polar surface area (TPSA) is 94.7 Å². The summed E-state index contributed by atoms with van der Waals surface area (Å²) in [6, 6.07) is 11.8. The number of H-pyrrole nitrogens is 1. The van der Waals surface area contributed by atoms with Crippen LogP contribution in [0.1, 0.15) is 23.2 Å². The van der Waals surface area contributed by atoms with Gasteiger partial charge in [-0.3, -0.25) is 10.1 Å². The molecule has 1 unspecified atom stereocenters. The Bertz CT molecular complexity index is 890. The fraction of sp³-hybridized carbons (Fsp3) is 0.250. The number of amides is 2. The summed E-state index contributed by atoms with van der Waals surface area (Å²) in [5.74, 6) is 0. The maximum atomic E-state index is 12.2. The van der Waals surface area contributed by atoms with Crippen molar-refractivity contribution in [1.29, 1.82) is 0 Å². The smallest absolute Gasteiger partial charge is 0.315 e. The molecule has 2 heterocycles. The number of nitrogens with one attached hydrogen (secondary N) is 4. The Balaban J connectivity index is 1.24. The number of hydrogen-bond donors (Lipinski definition) is 4. The van der Waals surface area contributed by atoms with Crippen LogP contribution in [0, 0.1) is 0 Å². The molecule has 0 aliphatic heterocycles. The van der Waals surface area contributed by atoms with Gasteiger partial charge in [0.05, 0.1) is 6.20 Å². The molecule has 2 aromatic heterocycles. The summed E-state index contributed by atoms with van der Waals surface area (Å²) in [5, 5.41) is 16.4. The molecule has 0 saturated heterocycles. The molecule has 3 aromatic rings. The van der Waals surface area contributed by atoms with Crippen molar-refractivity contribution in [2.75, 3.05) is 5.32 Å². The Kier molecular flexibility index (Phi) is 5.00. The maximum Gasteiger partial charge on any atom is 0.315 e. The summed E-state index contributed by atoms with van der Waals surface area (Å²) < 4.78 is 0. The molecule has 1 aliphatic carbocycles. The van der Waals surface area contributed by atoms with Gasteiger partial charge in [0.15, 0.2) is 0 Å². The standard InChI is InChI=1S/C20H22N6O/c27-20(25-18-6-3-15-13-23-26-19(15)11-18)22-12-14-1-4-16(5-2-14)24-17-7-9-21-10-8-17/h1-2,4-5,7-10,13,18H,3,6,11-12H2,(H,21,24)(H,23,26)(H2,22,25,27). The number of benzene rings is 1. The van der Waals surface area contributed by atoms with Crippen molar-refractivity contribution in [2.45, 2.75) is 31.8 Å². The third kappa shape index (κ3) is 4.44. The lowest BCUT2D eigenvalue weighted by Gasteiger charge is -2.23. The molecule has 0 saturated carbocycles. The largest absolute Gasteiger partial charge is 0.355 e. The third-order valence-electron chi connectivity index (χ3n) is 4.73. The van der Waals surface area contributed by atoms with E-state index in [1.165, 1.54) is 5.56 Å². The number of carbonyl (C=O) groups is 1. The summed E-state index contributed by atoms with van der Waals surface area (Å²) in [6.45, 7) is 0.489. The number of urea groups is 1. The lowest BCUT2D eigenvalue weighted by atomic mass is 9.94. The van der Waals surface area contributed by atoms with Crippen LogP contribution in [0.5, 0.6) is 0 Å². The molecule has 0 spiro atoms. The van der Waals surface area contributed by atoms with Gasteiger partial charge in [-0.05, 0) is 48.2 Å². The number of nitrogens with zero attached hydrogens (tertiary/aromatic N) is 2. The predicted molar refractivity (Wildman–Crippen MR) is 104 cm³/mol. The highest BCUT2D eigenvalue weighted by Gasteiger charge is 2.21. The summed E-state index contributed by atoms with van der Waals surface area (Å²) in [6.07, 6.45) is 8.06. The second kappa shape index (κ2) is 7.90. The van der Waals surface area contributed by atoms with Crippen LogP contribution >= 0.6 is 0 Å². The first-order valence-electron chi connectivity index (χ1n) is 9.08. The normalized spacial score (nSPS) is 15.6. The van der Waals surface area contributed by atoms with Crippen molar-refractivity contribution in [1.82, 2.24) is 25.8 Å². The minimum atomic E-state index is -0.137. The Hall–Kier alpha value is -3.35. The van der Waals surface area contributed by atoms with Gasteiger partial charge in [0, 0.05) is 48.5 Å². The SMILES string of the molecule is O=C(NCc1ccc(Nc2ccncc2)cc1)NC1CCc2cn[nH]c2C1. The Morgan fingerprint density at radius 3 is 2.70 bits per heavy atom. The molecular formula is C20H22N6O. The first-order valence-corrected chi connectivity index (χ1v) is 9.08. The Morgan fingerprint density at radius 2 is 1.89 bits per heavy atom. The number of rotatable bonds is 5. The molecule has 0 bridgehead atoms. The molecule has 1 aliphatic rings. The molecule has 1 aromatic carbocycles. The van der Waals surface area contributed by atoms with Crippen molar-refractivity contribution in [3.05, 3.63) is 71.8 Å². The van der Waals surface area contributed by atoms with E-state index in [2.05, 4.69) is 31.1 Å². The molecule has 1 atom stereocenters. The van der Waals surface area contributed by atoms with Gasteiger partial charge < -0.3 is 16.0 Å². The fourth-order valence-electron chi connectivity index (χ4n) is 3.26. The Labute approximate surface area is 157 Å². The molecule has 138 valence electrons. The maximum absolute atomic E-state index is 12.2. The second-order valence-electron chi connectivity index (χ2n) is 6.70. The number of hydrogen-bond acceptors (Lipinski definition) is 4. The van der Waals surface area contributed by atoms with Crippen LogP contribution in [-0.4, -0.2) is 27.3 Å². The zero-order chi connectivity index (χ0) is 18.5. The number of anilines is 2. The summed E-state index contributed by atoms with van der Waals surface area (Å²) in [5.41, 5.74) is 5.41. The number of fused-ring (bicyclic) bond motifs is 1. The first kappa shape index (κ1) is 17.1. The van der Waals surface area contributed by atoms with E-state index in [-0.39, 0.29) is 12.1 Å². The molecular weight excluding hydrogens is 340 g/mol. The molecule has 2 amide bonds. The van der Waals surface area contributed by atoms with E-state index in [1.807, 2.05) is 42.6 Å². The lowest BCUT2D eigenvalue weighted by molar-refractivity contribution is 0.235. The number of aromatic amines is 1. The Morgan fingerprint density at radius 1 is 1.11 bits per heavy atom. The highest BCUT2D eigenvalue weighted by atomic mass is 16.2. The summed E-state index contributed by atoms with van der Waals surface area (Å²) >= 11 is 0. The van der Waals surface area contributed by atoms with Gasteiger partial charge in [0.25, 0.3) is 0 Å². The van der Waals surface area contributed by atoms with Crippen LogP contribution in [0.25, 0.3) is 0 Å². The molecule has 7 heteroatoms. The van der Waals surface area contributed by atoms with Gasteiger partial charge in [0.2, 0.25) is 0 Å².